The fourth-order valence-corrected chi connectivity index (χ4v) is 2.24. The van der Waals surface area contributed by atoms with E-state index in [0.717, 1.165) is 12.2 Å². The minimum atomic E-state index is -0.347. The SMILES string of the molecule is CCC(C)c1ccccc1OCCC(NC(C)C)C(N)=O. The Morgan fingerprint density at radius 1 is 1.29 bits per heavy atom. The molecule has 0 bridgehead atoms. The minimum Gasteiger partial charge on any atom is -0.493 e. The fourth-order valence-electron chi connectivity index (χ4n) is 2.24. The summed E-state index contributed by atoms with van der Waals surface area (Å²) < 4.78 is 5.87. The number of ether oxygens (including phenoxy) is 1. The third-order valence-corrected chi connectivity index (χ3v) is 3.60. The Hall–Kier alpha value is -1.55. The lowest BCUT2D eigenvalue weighted by molar-refractivity contribution is -0.120. The molecule has 1 aromatic carbocycles. The van der Waals surface area contributed by atoms with Gasteiger partial charge in [-0.3, -0.25) is 4.79 Å². The summed E-state index contributed by atoms with van der Waals surface area (Å²) in [5.41, 5.74) is 6.62. The first-order chi connectivity index (χ1) is 9.95. The van der Waals surface area contributed by atoms with E-state index in [0.29, 0.717) is 18.9 Å². The van der Waals surface area contributed by atoms with E-state index in [1.54, 1.807) is 0 Å². The number of amides is 1. The van der Waals surface area contributed by atoms with Crippen LogP contribution in [0.2, 0.25) is 0 Å². The number of hydrogen-bond acceptors (Lipinski definition) is 3. The van der Waals surface area contributed by atoms with Crippen molar-refractivity contribution in [3.63, 3.8) is 0 Å². The normalized spacial score (nSPS) is 14.0. The molecule has 0 saturated heterocycles. The van der Waals surface area contributed by atoms with Gasteiger partial charge in [0.25, 0.3) is 0 Å². The lowest BCUT2D eigenvalue weighted by Crippen LogP contribution is -2.45. The van der Waals surface area contributed by atoms with Crippen LogP contribution in [0, 0.1) is 0 Å². The van der Waals surface area contributed by atoms with Crippen molar-refractivity contribution in [3.05, 3.63) is 29.8 Å². The summed E-state index contributed by atoms with van der Waals surface area (Å²) in [7, 11) is 0. The molecule has 0 saturated carbocycles. The van der Waals surface area contributed by atoms with Gasteiger partial charge in [-0.1, -0.05) is 45.9 Å². The van der Waals surface area contributed by atoms with E-state index in [1.807, 2.05) is 32.0 Å². The lowest BCUT2D eigenvalue weighted by atomic mass is 9.98. The van der Waals surface area contributed by atoms with E-state index < -0.39 is 0 Å². The summed E-state index contributed by atoms with van der Waals surface area (Å²) in [6.07, 6.45) is 1.64. The van der Waals surface area contributed by atoms with Crippen LogP contribution in [0.15, 0.2) is 24.3 Å². The topological polar surface area (TPSA) is 64.3 Å². The van der Waals surface area contributed by atoms with Crippen LogP contribution in [0.25, 0.3) is 0 Å². The number of carbonyl (C=O) groups is 1. The molecule has 0 spiro atoms. The molecular weight excluding hydrogens is 264 g/mol. The van der Waals surface area contributed by atoms with E-state index in [-0.39, 0.29) is 18.0 Å². The van der Waals surface area contributed by atoms with Crippen LogP contribution < -0.4 is 15.8 Å². The van der Waals surface area contributed by atoms with Crippen molar-refractivity contribution in [3.8, 4) is 5.75 Å². The van der Waals surface area contributed by atoms with Gasteiger partial charge in [0, 0.05) is 12.5 Å². The fraction of sp³-hybridized carbons (Fsp3) is 0.588. The molecule has 2 atom stereocenters. The molecular formula is C17H28N2O2. The van der Waals surface area contributed by atoms with Crippen molar-refractivity contribution in [1.82, 2.24) is 5.32 Å². The molecule has 0 aliphatic heterocycles. The highest BCUT2D eigenvalue weighted by Gasteiger charge is 2.16. The third-order valence-electron chi connectivity index (χ3n) is 3.60. The Balaban J connectivity index is 2.61. The van der Waals surface area contributed by atoms with Gasteiger partial charge in [-0.05, 0) is 24.0 Å². The largest absolute Gasteiger partial charge is 0.493 e. The second kappa shape index (κ2) is 8.67. The van der Waals surface area contributed by atoms with Crippen molar-refractivity contribution in [2.45, 2.75) is 58.5 Å². The highest BCUT2D eigenvalue weighted by Crippen LogP contribution is 2.28. The van der Waals surface area contributed by atoms with Crippen molar-refractivity contribution in [2.75, 3.05) is 6.61 Å². The molecule has 3 N–H and O–H groups in total. The van der Waals surface area contributed by atoms with Gasteiger partial charge in [0.05, 0.1) is 12.6 Å². The van der Waals surface area contributed by atoms with Crippen LogP contribution in [0.3, 0.4) is 0 Å². The summed E-state index contributed by atoms with van der Waals surface area (Å²) in [6, 6.07) is 7.95. The number of carbonyl (C=O) groups excluding carboxylic acids is 1. The Labute approximate surface area is 128 Å². The second-order valence-corrected chi connectivity index (χ2v) is 5.76. The monoisotopic (exact) mass is 292 g/mol. The van der Waals surface area contributed by atoms with Gasteiger partial charge in [-0.25, -0.2) is 0 Å². The van der Waals surface area contributed by atoms with Crippen molar-refractivity contribution in [2.24, 2.45) is 5.73 Å². The molecule has 0 radical (unpaired) electrons. The number of rotatable bonds is 9. The standard InChI is InChI=1S/C17H28N2O2/c1-5-13(4)14-8-6-7-9-16(14)21-11-10-15(17(18)20)19-12(2)3/h6-9,12-13,15,19H,5,10-11H2,1-4H3,(H2,18,20). The molecule has 118 valence electrons. The Kier molecular flexibility index (Phi) is 7.23. The van der Waals surface area contributed by atoms with Crippen LogP contribution in [0.5, 0.6) is 5.75 Å². The maximum Gasteiger partial charge on any atom is 0.234 e. The number of hydrogen-bond donors (Lipinski definition) is 2. The van der Waals surface area contributed by atoms with E-state index in [2.05, 4.69) is 25.2 Å². The first kappa shape index (κ1) is 17.5. The summed E-state index contributed by atoms with van der Waals surface area (Å²) >= 11 is 0. The summed E-state index contributed by atoms with van der Waals surface area (Å²) in [6.45, 7) is 8.82. The molecule has 0 fully saturated rings. The maximum absolute atomic E-state index is 11.4. The van der Waals surface area contributed by atoms with Gasteiger partial charge in [0.15, 0.2) is 0 Å². The van der Waals surface area contributed by atoms with Crippen molar-refractivity contribution < 1.29 is 9.53 Å². The second-order valence-electron chi connectivity index (χ2n) is 5.76. The molecule has 21 heavy (non-hydrogen) atoms. The zero-order valence-corrected chi connectivity index (χ0v) is 13.6. The number of benzene rings is 1. The van der Waals surface area contributed by atoms with Gasteiger partial charge >= 0.3 is 0 Å². The average molecular weight is 292 g/mol. The molecule has 4 nitrogen and oxygen atoms in total. The van der Waals surface area contributed by atoms with Crippen molar-refractivity contribution in [1.29, 1.82) is 0 Å². The Bertz CT molecular complexity index is 446. The van der Waals surface area contributed by atoms with Crippen LogP contribution in [-0.4, -0.2) is 24.6 Å². The van der Waals surface area contributed by atoms with Crippen LogP contribution in [0.1, 0.15) is 52.0 Å². The molecule has 1 rings (SSSR count). The van der Waals surface area contributed by atoms with Gasteiger partial charge in [0.1, 0.15) is 5.75 Å². The molecule has 0 aliphatic carbocycles. The van der Waals surface area contributed by atoms with E-state index in [1.165, 1.54) is 5.56 Å². The molecule has 4 heteroatoms. The van der Waals surface area contributed by atoms with Gasteiger partial charge in [-0.15, -0.1) is 0 Å². The van der Waals surface area contributed by atoms with Gasteiger partial charge in [-0.2, -0.15) is 0 Å². The number of nitrogens with one attached hydrogen (secondary N) is 1. The lowest BCUT2D eigenvalue weighted by Gasteiger charge is -2.20. The Morgan fingerprint density at radius 3 is 2.52 bits per heavy atom. The summed E-state index contributed by atoms with van der Waals surface area (Å²) in [5, 5.41) is 3.16. The smallest absolute Gasteiger partial charge is 0.234 e. The van der Waals surface area contributed by atoms with Crippen molar-refractivity contribution >= 4 is 5.91 Å². The quantitative estimate of drug-likeness (QED) is 0.735. The third kappa shape index (κ3) is 5.76. The van der Waals surface area contributed by atoms with Crippen LogP contribution in [0.4, 0.5) is 0 Å². The predicted molar refractivity (Wildman–Crippen MR) is 86.5 cm³/mol. The van der Waals surface area contributed by atoms with E-state index in [9.17, 15) is 4.79 Å². The number of para-hydroxylation sites is 1. The highest BCUT2D eigenvalue weighted by molar-refractivity contribution is 5.79. The zero-order valence-electron chi connectivity index (χ0n) is 13.6. The van der Waals surface area contributed by atoms with Crippen LogP contribution in [-0.2, 0) is 4.79 Å². The molecule has 0 aromatic heterocycles. The highest BCUT2D eigenvalue weighted by atomic mass is 16.5. The zero-order chi connectivity index (χ0) is 15.8. The average Bonchev–Trinajstić information content (AvgIpc) is 2.45. The van der Waals surface area contributed by atoms with Gasteiger partial charge in [0.2, 0.25) is 5.91 Å². The predicted octanol–water partition coefficient (Wildman–Crippen LogP) is 2.82. The first-order valence-electron chi connectivity index (χ1n) is 7.72. The molecule has 0 aliphatic rings. The molecule has 1 amide bonds. The molecule has 2 unspecified atom stereocenters. The van der Waals surface area contributed by atoms with E-state index in [4.69, 9.17) is 10.5 Å². The number of primary amides is 1. The maximum atomic E-state index is 11.4. The van der Waals surface area contributed by atoms with Gasteiger partial charge < -0.3 is 15.8 Å². The molecule has 0 heterocycles. The summed E-state index contributed by atoms with van der Waals surface area (Å²) in [4.78, 5) is 11.4. The Morgan fingerprint density at radius 2 is 1.95 bits per heavy atom. The first-order valence-corrected chi connectivity index (χ1v) is 7.72. The van der Waals surface area contributed by atoms with Crippen LogP contribution >= 0.6 is 0 Å². The summed E-state index contributed by atoms with van der Waals surface area (Å²) in [5.74, 6) is 1.03. The van der Waals surface area contributed by atoms with E-state index >= 15 is 0 Å². The molecule has 1 aromatic rings. The number of nitrogens with two attached hydrogens (primary N) is 1. The minimum absolute atomic E-state index is 0.217.